The zero-order valence-corrected chi connectivity index (χ0v) is 20.3. The minimum absolute atomic E-state index is 0.0150. The Morgan fingerprint density at radius 1 is 1.09 bits per heavy atom. The molecule has 0 radical (unpaired) electrons. The van der Waals surface area contributed by atoms with Gasteiger partial charge < -0.3 is 4.57 Å². The zero-order chi connectivity index (χ0) is 25.6. The second-order valence-electron chi connectivity index (χ2n) is 7.95. The number of hydrogen-bond donors (Lipinski definition) is 1. The molecule has 178 valence electrons. The molecule has 2 amide bonds. The number of nitro groups is 1. The van der Waals surface area contributed by atoms with Crippen molar-refractivity contribution < 1.29 is 18.9 Å². The van der Waals surface area contributed by atoms with Gasteiger partial charge in [0.1, 0.15) is 11.4 Å². The fourth-order valence-corrected chi connectivity index (χ4v) is 4.39. The number of anilines is 1. The van der Waals surface area contributed by atoms with Gasteiger partial charge in [0.15, 0.2) is 5.11 Å². The molecule has 11 heteroatoms. The Morgan fingerprint density at radius 2 is 1.77 bits per heavy atom. The van der Waals surface area contributed by atoms with E-state index in [-0.39, 0.29) is 27.1 Å². The quantitative estimate of drug-likeness (QED) is 0.176. The highest BCUT2D eigenvalue weighted by Crippen LogP contribution is 2.29. The fourth-order valence-electron chi connectivity index (χ4n) is 3.94. The summed E-state index contributed by atoms with van der Waals surface area (Å²) in [5.41, 5.74) is 3.08. The average molecular weight is 513 g/mol. The average Bonchev–Trinajstić information content (AvgIpc) is 3.06. The third-order valence-corrected chi connectivity index (χ3v) is 6.26. The molecule has 0 aliphatic carbocycles. The molecule has 35 heavy (non-hydrogen) atoms. The molecule has 1 aliphatic heterocycles. The molecule has 0 bridgehead atoms. The maximum atomic E-state index is 13.6. The van der Waals surface area contributed by atoms with E-state index < -0.39 is 22.6 Å². The fraction of sp³-hybridized carbons (Fsp3) is 0.125. The van der Waals surface area contributed by atoms with Crippen molar-refractivity contribution in [2.24, 2.45) is 0 Å². The third kappa shape index (κ3) is 4.33. The topological polar surface area (TPSA) is 97.5 Å². The van der Waals surface area contributed by atoms with Crippen LogP contribution in [0.15, 0.2) is 48.0 Å². The van der Waals surface area contributed by atoms with Gasteiger partial charge in [-0.1, -0.05) is 17.7 Å². The van der Waals surface area contributed by atoms with Crippen LogP contribution in [0.5, 0.6) is 0 Å². The van der Waals surface area contributed by atoms with Crippen molar-refractivity contribution in [3.05, 3.63) is 91.5 Å². The SMILES string of the molecule is Cc1ccc(-n2c(C)cc(/C=C3\C(=O)NC(=S)N(c4ccc(F)c(Cl)c4)C3=O)c2C)cc1[N+](=O)[O-]. The van der Waals surface area contributed by atoms with E-state index in [1.54, 1.807) is 36.6 Å². The second-order valence-corrected chi connectivity index (χ2v) is 8.74. The minimum Gasteiger partial charge on any atom is -0.318 e. The first-order valence-corrected chi connectivity index (χ1v) is 11.1. The lowest BCUT2D eigenvalue weighted by Crippen LogP contribution is -2.54. The summed E-state index contributed by atoms with van der Waals surface area (Å²) >= 11 is 11.0. The molecule has 8 nitrogen and oxygen atoms in total. The van der Waals surface area contributed by atoms with Crippen LogP contribution >= 0.6 is 23.8 Å². The van der Waals surface area contributed by atoms with Gasteiger partial charge in [-0.25, -0.2) is 4.39 Å². The van der Waals surface area contributed by atoms with Gasteiger partial charge in [-0.15, -0.1) is 0 Å². The van der Waals surface area contributed by atoms with Gasteiger partial charge in [0.2, 0.25) is 0 Å². The highest BCUT2D eigenvalue weighted by Gasteiger charge is 2.35. The number of aryl methyl sites for hydroxylation is 2. The van der Waals surface area contributed by atoms with Crippen LogP contribution in [-0.2, 0) is 9.59 Å². The van der Waals surface area contributed by atoms with Gasteiger partial charge in [-0.05, 0) is 75.0 Å². The van der Waals surface area contributed by atoms with Crippen LogP contribution in [0.4, 0.5) is 15.8 Å². The summed E-state index contributed by atoms with van der Waals surface area (Å²) in [6.45, 7) is 5.24. The van der Waals surface area contributed by atoms with Gasteiger partial charge >= 0.3 is 0 Å². The van der Waals surface area contributed by atoms with E-state index in [4.69, 9.17) is 23.8 Å². The number of carbonyl (C=O) groups is 2. The lowest BCUT2D eigenvalue weighted by molar-refractivity contribution is -0.385. The first kappa shape index (κ1) is 24.2. The lowest BCUT2D eigenvalue weighted by atomic mass is 10.1. The van der Waals surface area contributed by atoms with Gasteiger partial charge in [-0.2, -0.15) is 0 Å². The summed E-state index contributed by atoms with van der Waals surface area (Å²) < 4.78 is 15.4. The summed E-state index contributed by atoms with van der Waals surface area (Å²) in [5, 5.41) is 13.5. The van der Waals surface area contributed by atoms with Crippen LogP contribution in [0.2, 0.25) is 5.02 Å². The number of benzene rings is 2. The van der Waals surface area contributed by atoms with Gasteiger partial charge in [0, 0.05) is 23.0 Å². The van der Waals surface area contributed by atoms with Gasteiger partial charge in [0.05, 0.1) is 21.3 Å². The highest BCUT2D eigenvalue weighted by atomic mass is 35.5. The molecule has 0 saturated carbocycles. The van der Waals surface area contributed by atoms with Crippen LogP contribution in [0.25, 0.3) is 11.8 Å². The molecule has 3 aromatic rings. The highest BCUT2D eigenvalue weighted by molar-refractivity contribution is 7.80. The number of thiocarbonyl (C=S) groups is 1. The van der Waals surface area contributed by atoms with E-state index in [9.17, 15) is 24.1 Å². The van der Waals surface area contributed by atoms with Crippen molar-refractivity contribution in [1.82, 2.24) is 9.88 Å². The van der Waals surface area contributed by atoms with Crippen molar-refractivity contribution >= 4 is 58.2 Å². The molecule has 1 fully saturated rings. The van der Waals surface area contributed by atoms with Crippen molar-refractivity contribution in [3.63, 3.8) is 0 Å². The molecule has 1 saturated heterocycles. The molecule has 1 aliphatic rings. The first-order valence-electron chi connectivity index (χ1n) is 10.3. The Bertz CT molecular complexity index is 1480. The van der Waals surface area contributed by atoms with E-state index >= 15 is 0 Å². The van der Waals surface area contributed by atoms with Crippen LogP contribution in [-0.4, -0.2) is 26.4 Å². The zero-order valence-electron chi connectivity index (χ0n) is 18.8. The summed E-state index contributed by atoms with van der Waals surface area (Å²) in [6.07, 6.45) is 1.43. The molecule has 0 spiro atoms. The lowest BCUT2D eigenvalue weighted by Gasteiger charge is -2.29. The van der Waals surface area contributed by atoms with Crippen LogP contribution in [0.1, 0.15) is 22.5 Å². The number of halogens is 2. The maximum absolute atomic E-state index is 13.6. The van der Waals surface area contributed by atoms with Crippen molar-refractivity contribution in [3.8, 4) is 5.69 Å². The Morgan fingerprint density at radius 3 is 2.43 bits per heavy atom. The predicted molar refractivity (Wildman–Crippen MR) is 134 cm³/mol. The minimum atomic E-state index is -0.697. The van der Waals surface area contributed by atoms with Gasteiger partial charge in [0.25, 0.3) is 17.5 Å². The van der Waals surface area contributed by atoms with E-state index in [0.717, 1.165) is 16.7 Å². The van der Waals surface area contributed by atoms with Crippen LogP contribution < -0.4 is 10.2 Å². The largest absolute Gasteiger partial charge is 0.318 e. The van der Waals surface area contributed by atoms with Crippen molar-refractivity contribution in [2.75, 3.05) is 4.90 Å². The number of carbonyl (C=O) groups excluding carboxylic acids is 2. The summed E-state index contributed by atoms with van der Waals surface area (Å²) in [7, 11) is 0. The first-order chi connectivity index (χ1) is 16.5. The molecule has 0 atom stereocenters. The molecular weight excluding hydrogens is 495 g/mol. The molecule has 0 unspecified atom stereocenters. The Labute approximate surface area is 209 Å². The third-order valence-electron chi connectivity index (χ3n) is 5.68. The van der Waals surface area contributed by atoms with E-state index in [1.165, 1.54) is 24.3 Å². The molecule has 2 heterocycles. The number of nitrogens with zero attached hydrogens (tertiary/aromatic N) is 3. The molecule has 1 N–H and O–H groups in total. The molecular formula is C24H18ClFN4O4S. The predicted octanol–water partition coefficient (Wildman–Crippen LogP) is 4.93. The second kappa shape index (κ2) is 9.05. The van der Waals surface area contributed by atoms with Crippen molar-refractivity contribution in [1.29, 1.82) is 0 Å². The Kier molecular flexibility index (Phi) is 6.27. The standard InChI is InChI=1S/C24H18ClFN4O4S/c1-12-4-5-17(11-21(12)30(33)34)28-13(2)8-15(14(28)3)9-18-22(31)27-24(35)29(23(18)32)16-6-7-20(26)19(25)10-16/h4-11H,1-3H3,(H,27,31,35)/b18-9+. The van der Waals surface area contributed by atoms with Crippen LogP contribution in [0, 0.1) is 36.7 Å². The Hall–Kier alpha value is -3.89. The number of rotatable bonds is 4. The summed E-state index contributed by atoms with van der Waals surface area (Å²) in [4.78, 5) is 37.9. The maximum Gasteiger partial charge on any atom is 0.274 e. The summed E-state index contributed by atoms with van der Waals surface area (Å²) in [6, 6.07) is 10.3. The number of amides is 2. The van der Waals surface area contributed by atoms with Gasteiger partial charge in [-0.3, -0.25) is 29.9 Å². The van der Waals surface area contributed by atoms with Crippen LogP contribution in [0.3, 0.4) is 0 Å². The molecule has 2 aromatic carbocycles. The smallest absolute Gasteiger partial charge is 0.274 e. The number of nitrogens with one attached hydrogen (secondary N) is 1. The monoisotopic (exact) mass is 512 g/mol. The number of hydrogen-bond acceptors (Lipinski definition) is 5. The number of nitro benzene ring substituents is 1. The Balaban J connectivity index is 1.78. The van der Waals surface area contributed by atoms with E-state index in [0.29, 0.717) is 22.5 Å². The van der Waals surface area contributed by atoms with E-state index in [1.807, 2.05) is 6.92 Å². The molecule has 4 rings (SSSR count). The number of aromatic nitrogens is 1. The summed E-state index contributed by atoms with van der Waals surface area (Å²) in [5.74, 6) is -2.04. The normalized spacial score (nSPS) is 15.1. The van der Waals surface area contributed by atoms with E-state index in [2.05, 4.69) is 5.32 Å². The van der Waals surface area contributed by atoms with Crippen molar-refractivity contribution in [2.45, 2.75) is 20.8 Å². The molecule has 1 aromatic heterocycles.